The van der Waals surface area contributed by atoms with Crippen LogP contribution >= 0.6 is 0 Å². The fraction of sp³-hybridized carbons (Fsp3) is 0.455. The molecule has 0 bridgehead atoms. The van der Waals surface area contributed by atoms with Gasteiger partial charge in [0.05, 0.1) is 7.11 Å². The van der Waals surface area contributed by atoms with Crippen molar-refractivity contribution in [1.82, 2.24) is 24.7 Å². The van der Waals surface area contributed by atoms with Crippen LogP contribution in [0.1, 0.15) is 17.8 Å². The molecule has 2 saturated heterocycles. The van der Waals surface area contributed by atoms with Gasteiger partial charge in [-0.05, 0) is 43.2 Å². The van der Waals surface area contributed by atoms with Crippen LogP contribution in [0.3, 0.4) is 0 Å². The van der Waals surface area contributed by atoms with Crippen molar-refractivity contribution in [3.8, 4) is 5.75 Å². The third kappa shape index (κ3) is 3.46. The van der Waals surface area contributed by atoms with Crippen LogP contribution in [-0.4, -0.2) is 63.9 Å². The lowest BCUT2D eigenvalue weighted by molar-refractivity contribution is -0.130. The molecule has 8 heteroatoms. The van der Waals surface area contributed by atoms with Gasteiger partial charge in [-0.1, -0.05) is 12.1 Å². The van der Waals surface area contributed by atoms with E-state index in [1.807, 2.05) is 43.3 Å². The minimum absolute atomic E-state index is 0.256. The first-order valence-electron chi connectivity index (χ1n) is 10.5. The van der Waals surface area contributed by atoms with Gasteiger partial charge in [-0.15, -0.1) is 15.3 Å². The number of rotatable bonds is 5. The second-order valence-electron chi connectivity index (χ2n) is 8.28. The molecule has 2 aliphatic rings. The van der Waals surface area contributed by atoms with Crippen molar-refractivity contribution in [2.24, 2.45) is 11.8 Å². The number of methoxy groups -OCH3 is 1. The van der Waals surface area contributed by atoms with E-state index in [2.05, 4.69) is 20.0 Å². The number of hydrogen-bond acceptors (Lipinski definition) is 6. The van der Waals surface area contributed by atoms with E-state index in [9.17, 15) is 4.79 Å². The lowest BCUT2D eigenvalue weighted by Gasteiger charge is -2.22. The van der Waals surface area contributed by atoms with Crippen LogP contribution in [-0.2, 0) is 11.2 Å². The highest BCUT2D eigenvalue weighted by Gasteiger charge is 2.41. The molecule has 4 heterocycles. The van der Waals surface area contributed by atoms with Crippen molar-refractivity contribution in [1.29, 1.82) is 0 Å². The van der Waals surface area contributed by atoms with Crippen LogP contribution in [0, 0.1) is 18.8 Å². The number of carbonyl (C=O) groups is 1. The van der Waals surface area contributed by atoms with Crippen LogP contribution < -0.4 is 9.64 Å². The van der Waals surface area contributed by atoms with Gasteiger partial charge >= 0.3 is 0 Å². The minimum atomic E-state index is 0.256. The zero-order valence-electron chi connectivity index (χ0n) is 17.4. The summed E-state index contributed by atoms with van der Waals surface area (Å²) in [5, 5.41) is 12.9. The Labute approximate surface area is 175 Å². The molecule has 2 aromatic heterocycles. The van der Waals surface area contributed by atoms with Gasteiger partial charge in [0.25, 0.3) is 0 Å². The maximum absolute atomic E-state index is 12.7. The SMILES string of the molecule is COc1ccc(CCC(=O)N2CC3CN(c4ccc5nnc(C)n5n4)CC3C2)cc1. The fourth-order valence-corrected chi connectivity index (χ4v) is 4.64. The molecule has 0 N–H and O–H groups in total. The van der Waals surface area contributed by atoms with Crippen LogP contribution in [0.5, 0.6) is 5.75 Å². The van der Waals surface area contributed by atoms with E-state index in [1.165, 1.54) is 5.56 Å². The molecular weight excluding hydrogens is 380 g/mol. The lowest BCUT2D eigenvalue weighted by Crippen LogP contribution is -2.33. The molecule has 2 unspecified atom stereocenters. The predicted molar refractivity (Wildman–Crippen MR) is 113 cm³/mol. The van der Waals surface area contributed by atoms with E-state index in [0.717, 1.165) is 55.6 Å². The Bertz CT molecular complexity index is 1050. The summed E-state index contributed by atoms with van der Waals surface area (Å²) in [4.78, 5) is 17.1. The number of ether oxygens (including phenoxy) is 1. The summed E-state index contributed by atoms with van der Waals surface area (Å²) in [5.74, 6) is 3.86. The number of amides is 1. The maximum atomic E-state index is 12.7. The molecule has 0 spiro atoms. The highest BCUT2D eigenvalue weighted by Crippen LogP contribution is 2.33. The van der Waals surface area contributed by atoms with Crippen molar-refractivity contribution in [2.45, 2.75) is 19.8 Å². The molecule has 3 aromatic rings. The van der Waals surface area contributed by atoms with Gasteiger partial charge in [0.1, 0.15) is 11.6 Å². The second-order valence-corrected chi connectivity index (χ2v) is 8.28. The Morgan fingerprint density at radius 2 is 1.77 bits per heavy atom. The third-order valence-corrected chi connectivity index (χ3v) is 6.35. The van der Waals surface area contributed by atoms with Crippen LogP contribution in [0.25, 0.3) is 5.65 Å². The van der Waals surface area contributed by atoms with Crippen LogP contribution in [0.2, 0.25) is 0 Å². The highest BCUT2D eigenvalue weighted by atomic mass is 16.5. The molecule has 1 amide bonds. The van der Waals surface area contributed by atoms with Crippen molar-refractivity contribution in [3.05, 3.63) is 47.8 Å². The van der Waals surface area contributed by atoms with Gasteiger partial charge in [0.15, 0.2) is 11.5 Å². The number of aryl methyl sites for hydroxylation is 2. The van der Waals surface area contributed by atoms with Crippen LogP contribution in [0.15, 0.2) is 36.4 Å². The first-order chi connectivity index (χ1) is 14.6. The third-order valence-electron chi connectivity index (χ3n) is 6.35. The van der Waals surface area contributed by atoms with Gasteiger partial charge in [0, 0.05) is 44.4 Å². The van der Waals surface area contributed by atoms with Crippen molar-refractivity contribution in [2.75, 3.05) is 38.2 Å². The van der Waals surface area contributed by atoms with E-state index in [1.54, 1.807) is 11.6 Å². The summed E-state index contributed by atoms with van der Waals surface area (Å²) in [7, 11) is 1.66. The molecule has 2 atom stereocenters. The molecule has 5 rings (SSSR count). The largest absolute Gasteiger partial charge is 0.497 e. The molecule has 156 valence electrons. The number of likely N-dealkylation sites (tertiary alicyclic amines) is 1. The Morgan fingerprint density at radius 3 is 2.47 bits per heavy atom. The molecule has 0 radical (unpaired) electrons. The minimum Gasteiger partial charge on any atom is -0.497 e. The first-order valence-corrected chi connectivity index (χ1v) is 10.5. The summed E-state index contributed by atoms with van der Waals surface area (Å²) in [6.07, 6.45) is 1.32. The summed E-state index contributed by atoms with van der Waals surface area (Å²) in [6.45, 7) is 5.47. The number of anilines is 1. The van der Waals surface area contributed by atoms with Gasteiger partial charge in [-0.25, -0.2) is 0 Å². The Balaban J connectivity index is 1.17. The van der Waals surface area contributed by atoms with Crippen molar-refractivity contribution >= 4 is 17.4 Å². The molecule has 30 heavy (non-hydrogen) atoms. The topological polar surface area (TPSA) is 75.9 Å². The Hall–Kier alpha value is -3.16. The lowest BCUT2D eigenvalue weighted by atomic mass is 10.0. The summed E-state index contributed by atoms with van der Waals surface area (Å²) >= 11 is 0. The first kappa shape index (κ1) is 18.8. The second kappa shape index (κ2) is 7.59. The standard InChI is InChI=1S/C22H26N6O2/c1-15-23-24-20-8-9-21(25-28(15)20)26-11-17-13-27(14-18(17)12-26)22(29)10-5-16-3-6-19(30-2)7-4-16/h3-4,6-9,17-18H,5,10-14H2,1-2H3. The summed E-state index contributed by atoms with van der Waals surface area (Å²) < 4.78 is 6.98. The number of carbonyl (C=O) groups excluding carboxylic acids is 1. The summed E-state index contributed by atoms with van der Waals surface area (Å²) in [5.41, 5.74) is 1.93. The van der Waals surface area contributed by atoms with E-state index in [-0.39, 0.29) is 5.91 Å². The number of nitrogens with zero attached hydrogens (tertiary/aromatic N) is 6. The summed E-state index contributed by atoms with van der Waals surface area (Å²) in [6, 6.07) is 11.9. The van der Waals surface area contributed by atoms with Gasteiger partial charge < -0.3 is 14.5 Å². The molecular formula is C22H26N6O2. The molecule has 0 saturated carbocycles. The number of hydrogen-bond donors (Lipinski definition) is 0. The smallest absolute Gasteiger partial charge is 0.222 e. The predicted octanol–water partition coefficient (Wildman–Crippen LogP) is 1.97. The van der Waals surface area contributed by atoms with Gasteiger partial charge in [-0.3, -0.25) is 4.79 Å². The number of fused-ring (bicyclic) bond motifs is 2. The molecule has 1 aromatic carbocycles. The average Bonchev–Trinajstić information content (AvgIpc) is 3.45. The van der Waals surface area contributed by atoms with Crippen molar-refractivity contribution in [3.63, 3.8) is 0 Å². The van der Waals surface area contributed by atoms with Crippen molar-refractivity contribution < 1.29 is 9.53 Å². The van der Waals surface area contributed by atoms with Gasteiger partial charge in [-0.2, -0.15) is 4.52 Å². The Kier molecular flexibility index (Phi) is 4.77. The quantitative estimate of drug-likeness (QED) is 0.645. The monoisotopic (exact) mass is 406 g/mol. The molecule has 0 aliphatic carbocycles. The van der Waals surface area contributed by atoms with Gasteiger partial charge in [0.2, 0.25) is 5.91 Å². The zero-order chi connectivity index (χ0) is 20.7. The molecule has 8 nitrogen and oxygen atoms in total. The van der Waals surface area contributed by atoms with E-state index in [0.29, 0.717) is 18.3 Å². The van der Waals surface area contributed by atoms with Crippen LogP contribution in [0.4, 0.5) is 5.82 Å². The van der Waals surface area contributed by atoms with E-state index < -0.39 is 0 Å². The van der Waals surface area contributed by atoms with E-state index >= 15 is 0 Å². The molecule has 2 fully saturated rings. The maximum Gasteiger partial charge on any atom is 0.222 e. The highest BCUT2D eigenvalue weighted by molar-refractivity contribution is 5.77. The van der Waals surface area contributed by atoms with E-state index in [4.69, 9.17) is 9.84 Å². The Morgan fingerprint density at radius 1 is 1.03 bits per heavy atom. The number of benzene rings is 1. The number of aromatic nitrogens is 4. The normalized spacial score (nSPS) is 20.7. The average molecular weight is 406 g/mol. The fourth-order valence-electron chi connectivity index (χ4n) is 4.64. The zero-order valence-corrected chi connectivity index (χ0v) is 17.4. The molecule has 2 aliphatic heterocycles.